The van der Waals surface area contributed by atoms with Gasteiger partial charge in [-0.25, -0.2) is 0 Å². The van der Waals surface area contributed by atoms with Crippen molar-refractivity contribution in [2.75, 3.05) is 12.8 Å². The maximum Gasteiger partial charge on any atom is 0.0931 e. The largest absolute Gasteiger partial charge is 0.308 e. The highest BCUT2D eigenvalue weighted by molar-refractivity contribution is 7.98. The van der Waals surface area contributed by atoms with Gasteiger partial charge in [-0.2, -0.15) is 11.8 Å². The molecule has 1 atom stereocenters. The summed E-state index contributed by atoms with van der Waals surface area (Å²) in [4.78, 5) is 4.30. The summed E-state index contributed by atoms with van der Waals surface area (Å²) in [5.41, 5.74) is 1.54. The highest BCUT2D eigenvalue weighted by atomic mass is 35.5. The first kappa shape index (κ1) is 13.0. The fraction of sp³-hybridized carbons (Fsp3) is 0.385. The molecule has 0 radical (unpaired) electrons. The van der Waals surface area contributed by atoms with Gasteiger partial charge in [0.15, 0.2) is 0 Å². The van der Waals surface area contributed by atoms with Crippen molar-refractivity contribution in [2.24, 2.45) is 0 Å². The van der Waals surface area contributed by atoms with Gasteiger partial charge in [-0.15, -0.1) is 22.7 Å². The van der Waals surface area contributed by atoms with Crippen LogP contribution in [0.3, 0.4) is 0 Å². The molecule has 3 heterocycles. The van der Waals surface area contributed by atoms with Gasteiger partial charge in [0.2, 0.25) is 0 Å². The lowest BCUT2D eigenvalue weighted by atomic mass is 10.1. The molecule has 0 spiro atoms. The standard InChI is InChI=1S/C13H14ClNS3/c1-15-13(10-2-3-12(14)18-10)11-6-8-7-16-5-4-9(8)17-11/h2-3,6,13,15H,4-5,7H2,1H3. The Morgan fingerprint density at radius 2 is 2.17 bits per heavy atom. The Labute approximate surface area is 125 Å². The van der Waals surface area contributed by atoms with E-state index in [4.69, 9.17) is 11.6 Å². The van der Waals surface area contributed by atoms with Gasteiger partial charge in [0.1, 0.15) is 0 Å². The summed E-state index contributed by atoms with van der Waals surface area (Å²) in [6.45, 7) is 0. The Morgan fingerprint density at radius 1 is 1.28 bits per heavy atom. The van der Waals surface area contributed by atoms with Crippen molar-refractivity contribution in [1.29, 1.82) is 0 Å². The molecule has 1 nitrogen and oxygen atoms in total. The normalized spacial score (nSPS) is 16.6. The molecule has 96 valence electrons. The lowest BCUT2D eigenvalue weighted by Crippen LogP contribution is -2.15. The van der Waals surface area contributed by atoms with E-state index in [1.165, 1.54) is 33.2 Å². The maximum absolute atomic E-state index is 6.04. The number of thioether (sulfide) groups is 1. The van der Waals surface area contributed by atoms with Gasteiger partial charge in [-0.3, -0.25) is 0 Å². The number of rotatable bonds is 3. The third kappa shape index (κ3) is 2.49. The summed E-state index contributed by atoms with van der Waals surface area (Å²) in [5.74, 6) is 2.44. The highest BCUT2D eigenvalue weighted by Crippen LogP contribution is 2.38. The average Bonchev–Trinajstić information content (AvgIpc) is 2.96. The van der Waals surface area contributed by atoms with Gasteiger partial charge in [-0.05, 0) is 43.0 Å². The minimum absolute atomic E-state index is 0.295. The first-order valence-corrected chi connectivity index (χ1v) is 9.06. The molecular weight excluding hydrogens is 302 g/mol. The van der Waals surface area contributed by atoms with Crippen LogP contribution in [-0.4, -0.2) is 12.8 Å². The summed E-state index contributed by atoms with van der Waals surface area (Å²) >= 11 is 11.7. The zero-order chi connectivity index (χ0) is 12.5. The second-order valence-electron chi connectivity index (χ2n) is 4.26. The third-order valence-corrected chi connectivity index (χ3v) is 6.70. The quantitative estimate of drug-likeness (QED) is 0.891. The van der Waals surface area contributed by atoms with Gasteiger partial charge in [0.25, 0.3) is 0 Å². The summed E-state index contributed by atoms with van der Waals surface area (Å²) in [6.07, 6.45) is 1.23. The average molecular weight is 316 g/mol. The smallest absolute Gasteiger partial charge is 0.0931 e. The molecule has 0 fully saturated rings. The molecule has 0 amide bonds. The van der Waals surface area contributed by atoms with E-state index < -0.39 is 0 Å². The molecule has 1 aliphatic rings. The molecule has 1 N–H and O–H groups in total. The number of nitrogens with one attached hydrogen (secondary N) is 1. The lowest BCUT2D eigenvalue weighted by molar-refractivity contribution is 0.716. The minimum atomic E-state index is 0.295. The minimum Gasteiger partial charge on any atom is -0.308 e. The van der Waals surface area contributed by atoms with E-state index in [2.05, 4.69) is 17.4 Å². The predicted octanol–water partition coefficient (Wildman–Crippen LogP) is 4.56. The van der Waals surface area contributed by atoms with Crippen LogP contribution in [0.1, 0.15) is 26.2 Å². The van der Waals surface area contributed by atoms with Crippen LogP contribution in [0.2, 0.25) is 4.34 Å². The third-order valence-electron chi connectivity index (χ3n) is 3.10. The van der Waals surface area contributed by atoms with Crippen molar-refractivity contribution < 1.29 is 0 Å². The van der Waals surface area contributed by atoms with E-state index in [1.54, 1.807) is 16.2 Å². The summed E-state index contributed by atoms with van der Waals surface area (Å²) < 4.78 is 0.863. The molecule has 5 heteroatoms. The van der Waals surface area contributed by atoms with Crippen LogP contribution in [0.5, 0.6) is 0 Å². The highest BCUT2D eigenvalue weighted by Gasteiger charge is 2.20. The SMILES string of the molecule is CNC(c1ccc(Cl)s1)c1cc2c(s1)CCSC2. The zero-order valence-corrected chi connectivity index (χ0v) is 13.2. The van der Waals surface area contributed by atoms with Crippen molar-refractivity contribution in [1.82, 2.24) is 5.32 Å². The number of thiophene rings is 2. The van der Waals surface area contributed by atoms with Crippen molar-refractivity contribution in [3.63, 3.8) is 0 Å². The Hall–Kier alpha value is -0.000000000000000111. The van der Waals surface area contributed by atoms with Crippen LogP contribution in [0, 0.1) is 0 Å². The van der Waals surface area contributed by atoms with Crippen molar-refractivity contribution in [3.05, 3.63) is 42.7 Å². The topological polar surface area (TPSA) is 12.0 Å². The van der Waals surface area contributed by atoms with Gasteiger partial charge in [-0.1, -0.05) is 11.6 Å². The first-order valence-electron chi connectivity index (χ1n) is 5.89. The van der Waals surface area contributed by atoms with Crippen LogP contribution in [0.4, 0.5) is 0 Å². The second-order valence-corrected chi connectivity index (χ2v) is 8.28. The lowest BCUT2D eigenvalue weighted by Gasteiger charge is -2.12. The van der Waals surface area contributed by atoms with E-state index in [-0.39, 0.29) is 0 Å². The number of fused-ring (bicyclic) bond motifs is 1. The Kier molecular flexibility index (Phi) is 4.01. The van der Waals surface area contributed by atoms with Gasteiger partial charge in [0, 0.05) is 20.4 Å². The Morgan fingerprint density at radius 3 is 2.83 bits per heavy atom. The van der Waals surface area contributed by atoms with Gasteiger partial charge in [0.05, 0.1) is 10.4 Å². The van der Waals surface area contributed by atoms with E-state index in [0.717, 1.165) is 4.34 Å². The molecule has 2 aromatic heterocycles. The van der Waals surface area contributed by atoms with Crippen LogP contribution >= 0.6 is 46.0 Å². The van der Waals surface area contributed by atoms with E-state index in [0.29, 0.717) is 6.04 Å². The van der Waals surface area contributed by atoms with E-state index in [9.17, 15) is 0 Å². The van der Waals surface area contributed by atoms with Crippen molar-refractivity contribution >= 4 is 46.0 Å². The number of hydrogen-bond acceptors (Lipinski definition) is 4. The molecule has 0 aliphatic carbocycles. The maximum atomic E-state index is 6.04. The Bertz CT molecular complexity index is 523. The van der Waals surface area contributed by atoms with Gasteiger partial charge >= 0.3 is 0 Å². The summed E-state index contributed by atoms with van der Waals surface area (Å²) in [7, 11) is 2.02. The zero-order valence-electron chi connectivity index (χ0n) is 10.0. The molecule has 1 aliphatic heterocycles. The fourth-order valence-corrected chi connectivity index (χ4v) is 5.99. The molecule has 18 heavy (non-hydrogen) atoms. The van der Waals surface area contributed by atoms with Crippen molar-refractivity contribution in [3.8, 4) is 0 Å². The monoisotopic (exact) mass is 315 g/mol. The van der Waals surface area contributed by atoms with Crippen LogP contribution in [0.25, 0.3) is 0 Å². The van der Waals surface area contributed by atoms with Crippen LogP contribution < -0.4 is 5.32 Å². The molecule has 0 bridgehead atoms. The van der Waals surface area contributed by atoms with Crippen LogP contribution in [-0.2, 0) is 12.2 Å². The number of aryl methyl sites for hydroxylation is 1. The molecule has 3 rings (SSSR count). The molecule has 0 saturated heterocycles. The molecule has 2 aromatic rings. The molecular formula is C13H14ClNS3. The summed E-state index contributed by atoms with van der Waals surface area (Å²) in [6, 6.07) is 6.78. The number of hydrogen-bond donors (Lipinski definition) is 1. The Balaban J connectivity index is 1.94. The molecule has 0 aromatic carbocycles. The fourth-order valence-electron chi connectivity index (χ4n) is 2.22. The van der Waals surface area contributed by atoms with E-state index in [1.807, 2.05) is 36.2 Å². The van der Waals surface area contributed by atoms with E-state index >= 15 is 0 Å². The van der Waals surface area contributed by atoms with Crippen molar-refractivity contribution in [2.45, 2.75) is 18.2 Å². The number of halogens is 1. The predicted molar refractivity (Wildman–Crippen MR) is 84.4 cm³/mol. The van der Waals surface area contributed by atoms with Gasteiger partial charge < -0.3 is 5.32 Å². The summed E-state index contributed by atoms with van der Waals surface area (Å²) in [5, 5.41) is 3.41. The molecule has 1 unspecified atom stereocenters. The van der Waals surface area contributed by atoms with Crippen LogP contribution in [0.15, 0.2) is 18.2 Å². The molecule has 0 saturated carbocycles. The first-order chi connectivity index (χ1) is 8.78. The second kappa shape index (κ2) is 5.55.